The number of aromatic amines is 1. The van der Waals surface area contributed by atoms with Gasteiger partial charge in [-0.15, -0.1) is 0 Å². The van der Waals surface area contributed by atoms with Gasteiger partial charge in [-0.1, -0.05) is 44.1 Å². The Bertz CT molecular complexity index is 1580. The van der Waals surface area contributed by atoms with Gasteiger partial charge in [0.05, 0.1) is 5.56 Å². The van der Waals surface area contributed by atoms with Crippen LogP contribution in [0.5, 0.6) is 0 Å². The molecule has 0 radical (unpaired) electrons. The monoisotopic (exact) mass is 518 g/mol. The highest BCUT2D eigenvalue weighted by molar-refractivity contribution is 7.08. The molecule has 3 heterocycles. The molecule has 0 saturated heterocycles. The molecule has 0 spiro atoms. The van der Waals surface area contributed by atoms with Crippen molar-refractivity contribution in [1.29, 1.82) is 0 Å². The van der Waals surface area contributed by atoms with Crippen molar-refractivity contribution in [3.63, 3.8) is 0 Å². The van der Waals surface area contributed by atoms with E-state index in [-0.39, 0.29) is 22.7 Å². The van der Waals surface area contributed by atoms with Gasteiger partial charge in [-0.25, -0.2) is 9.18 Å². The average molecular weight is 519 g/mol. The van der Waals surface area contributed by atoms with Crippen molar-refractivity contribution in [2.24, 2.45) is 0 Å². The number of halogens is 1. The van der Waals surface area contributed by atoms with Crippen LogP contribution in [-0.2, 0) is 5.41 Å². The van der Waals surface area contributed by atoms with Gasteiger partial charge in [0.2, 0.25) is 0 Å². The maximum Gasteiger partial charge on any atom is 0.324 e. The number of hydrogen-bond acceptors (Lipinski definition) is 6. The lowest BCUT2D eigenvalue weighted by Gasteiger charge is -2.12. The summed E-state index contributed by atoms with van der Waals surface area (Å²) in [7, 11) is 0. The number of aromatic nitrogens is 3. The first-order valence-corrected chi connectivity index (χ1v) is 12.3. The van der Waals surface area contributed by atoms with E-state index in [1.54, 1.807) is 59.3 Å². The van der Waals surface area contributed by atoms with E-state index in [1.807, 2.05) is 20.8 Å². The van der Waals surface area contributed by atoms with Gasteiger partial charge < -0.3 is 15.2 Å². The summed E-state index contributed by atoms with van der Waals surface area (Å²) in [5.74, 6) is 0.397. The van der Waals surface area contributed by atoms with E-state index in [0.29, 0.717) is 39.3 Å². The van der Waals surface area contributed by atoms with E-state index in [9.17, 15) is 9.59 Å². The number of carbonyl (C=O) groups excluding carboxylic acids is 2. The van der Waals surface area contributed by atoms with Crippen molar-refractivity contribution in [3.05, 3.63) is 76.4 Å². The quantitative estimate of drug-likeness (QED) is 0.208. The van der Waals surface area contributed by atoms with Crippen LogP contribution in [0.3, 0.4) is 0 Å². The van der Waals surface area contributed by atoms with Crippen LogP contribution in [0.1, 0.15) is 36.9 Å². The topological polar surface area (TPSA) is 125 Å². The highest BCUT2D eigenvalue weighted by Crippen LogP contribution is 2.32. The van der Waals surface area contributed by atoms with Crippen LogP contribution in [0, 0.1) is 5.82 Å². The Morgan fingerprint density at radius 1 is 1.03 bits per heavy atom. The summed E-state index contributed by atoms with van der Waals surface area (Å²) < 4.78 is 20.6. The highest BCUT2D eigenvalue weighted by atomic mass is 32.1. The SMILES string of the molecule is CC(C)(C)c1cc(NC(=O)Nc2ccc(-c3ccc4c(NC(=O)c5ccsc5)n[nH]c4c3F)cc2)no1. The standard InChI is InChI=1S/C26H23FN6O3S/c1-26(2,3)19-12-20(33-36-19)29-25(35)28-16-6-4-14(5-7-16)17-8-9-18-22(21(17)27)31-32-23(18)30-24(34)15-10-11-37-13-15/h4-13H,1-3H3,(H2,28,29,33,35)(H2,30,31,32,34). The number of nitrogens with one attached hydrogen (secondary N) is 4. The van der Waals surface area contributed by atoms with Gasteiger partial charge in [0, 0.05) is 33.5 Å². The fourth-order valence-corrected chi connectivity index (χ4v) is 4.28. The minimum absolute atomic E-state index is 0.182. The smallest absolute Gasteiger partial charge is 0.324 e. The van der Waals surface area contributed by atoms with Crippen molar-refractivity contribution >= 4 is 51.5 Å². The number of nitrogens with zero attached hydrogens (tertiary/aromatic N) is 2. The molecule has 5 rings (SSSR count). The Labute approximate surface area is 215 Å². The first-order valence-electron chi connectivity index (χ1n) is 11.3. The minimum atomic E-state index is -0.500. The Morgan fingerprint density at radius 2 is 1.81 bits per heavy atom. The minimum Gasteiger partial charge on any atom is -0.359 e. The second kappa shape index (κ2) is 9.51. The lowest BCUT2D eigenvalue weighted by atomic mass is 9.93. The Balaban J connectivity index is 1.28. The van der Waals surface area contributed by atoms with Crippen LogP contribution < -0.4 is 16.0 Å². The largest absolute Gasteiger partial charge is 0.359 e. The lowest BCUT2D eigenvalue weighted by Crippen LogP contribution is -2.19. The number of benzene rings is 2. The summed E-state index contributed by atoms with van der Waals surface area (Å²) in [5, 5.41) is 22.6. The molecule has 37 heavy (non-hydrogen) atoms. The molecule has 3 amide bonds. The van der Waals surface area contributed by atoms with E-state index in [2.05, 4.69) is 31.3 Å². The van der Waals surface area contributed by atoms with Crippen molar-refractivity contribution in [2.75, 3.05) is 16.0 Å². The van der Waals surface area contributed by atoms with Crippen molar-refractivity contribution in [2.45, 2.75) is 26.2 Å². The number of hydrogen-bond donors (Lipinski definition) is 4. The molecule has 0 bridgehead atoms. The zero-order valence-electron chi connectivity index (χ0n) is 20.2. The van der Waals surface area contributed by atoms with Crippen LogP contribution in [0.25, 0.3) is 22.0 Å². The molecule has 0 aliphatic heterocycles. The first-order chi connectivity index (χ1) is 17.7. The number of carbonyl (C=O) groups is 2. The second-order valence-electron chi connectivity index (χ2n) is 9.37. The predicted molar refractivity (Wildman–Crippen MR) is 142 cm³/mol. The van der Waals surface area contributed by atoms with Crippen molar-refractivity contribution in [3.8, 4) is 11.1 Å². The molecule has 0 saturated carbocycles. The molecule has 2 aromatic carbocycles. The van der Waals surface area contributed by atoms with E-state index in [4.69, 9.17) is 4.52 Å². The van der Waals surface area contributed by atoms with E-state index < -0.39 is 11.8 Å². The van der Waals surface area contributed by atoms with E-state index >= 15 is 4.39 Å². The molecule has 188 valence electrons. The van der Waals surface area contributed by atoms with Gasteiger partial charge in [0.1, 0.15) is 11.3 Å². The number of amides is 3. The maximum absolute atomic E-state index is 15.3. The van der Waals surface area contributed by atoms with Gasteiger partial charge in [-0.05, 0) is 35.2 Å². The van der Waals surface area contributed by atoms with Gasteiger partial charge in [-0.2, -0.15) is 16.4 Å². The summed E-state index contributed by atoms with van der Waals surface area (Å²) in [6, 6.07) is 12.9. The van der Waals surface area contributed by atoms with Crippen molar-refractivity contribution < 1.29 is 18.5 Å². The lowest BCUT2D eigenvalue weighted by molar-refractivity contribution is 0.102. The molecular weight excluding hydrogens is 495 g/mol. The Hall–Kier alpha value is -4.51. The number of thiophene rings is 1. The summed E-state index contributed by atoms with van der Waals surface area (Å²) in [5.41, 5.74) is 1.93. The maximum atomic E-state index is 15.3. The van der Waals surface area contributed by atoms with E-state index in [1.165, 1.54) is 11.3 Å². The Kier molecular flexibility index (Phi) is 6.22. The zero-order chi connectivity index (χ0) is 26.2. The summed E-state index contributed by atoms with van der Waals surface area (Å²) in [6.07, 6.45) is 0. The number of H-pyrrole nitrogens is 1. The fourth-order valence-electron chi connectivity index (χ4n) is 3.65. The summed E-state index contributed by atoms with van der Waals surface area (Å²) in [6.45, 7) is 5.94. The normalized spacial score (nSPS) is 11.5. The summed E-state index contributed by atoms with van der Waals surface area (Å²) >= 11 is 1.41. The van der Waals surface area contributed by atoms with Gasteiger partial charge in [-0.3, -0.25) is 15.2 Å². The number of anilines is 3. The Morgan fingerprint density at radius 3 is 2.49 bits per heavy atom. The molecule has 0 fully saturated rings. The molecule has 9 nitrogen and oxygen atoms in total. The third-order valence-electron chi connectivity index (χ3n) is 5.64. The van der Waals surface area contributed by atoms with Gasteiger partial charge >= 0.3 is 6.03 Å². The van der Waals surface area contributed by atoms with Crippen LogP contribution in [0.4, 0.5) is 26.5 Å². The molecule has 5 aromatic rings. The third-order valence-corrected chi connectivity index (χ3v) is 6.32. The van der Waals surface area contributed by atoms with Gasteiger partial charge in [0.15, 0.2) is 17.5 Å². The molecule has 0 aliphatic carbocycles. The third kappa shape index (κ3) is 5.07. The molecule has 4 N–H and O–H groups in total. The first kappa shape index (κ1) is 24.2. The predicted octanol–water partition coefficient (Wildman–Crippen LogP) is 6.61. The fraction of sp³-hybridized carbons (Fsp3) is 0.154. The number of fused-ring (bicyclic) bond motifs is 1. The van der Waals surface area contributed by atoms with Crippen LogP contribution in [0.15, 0.2) is 63.8 Å². The summed E-state index contributed by atoms with van der Waals surface area (Å²) in [4.78, 5) is 24.7. The van der Waals surface area contributed by atoms with Crippen LogP contribution in [-0.4, -0.2) is 27.3 Å². The van der Waals surface area contributed by atoms with Gasteiger partial charge in [0.25, 0.3) is 5.91 Å². The van der Waals surface area contributed by atoms with Crippen LogP contribution in [0.2, 0.25) is 0 Å². The average Bonchev–Trinajstić information content (AvgIpc) is 3.61. The number of urea groups is 1. The molecule has 0 aliphatic rings. The molecule has 0 atom stereocenters. The number of rotatable bonds is 5. The van der Waals surface area contributed by atoms with Crippen molar-refractivity contribution in [1.82, 2.24) is 15.4 Å². The second-order valence-corrected chi connectivity index (χ2v) is 10.2. The van der Waals surface area contributed by atoms with Crippen LogP contribution >= 0.6 is 11.3 Å². The molecular formula is C26H23FN6O3S. The molecule has 11 heteroatoms. The zero-order valence-corrected chi connectivity index (χ0v) is 21.0. The highest BCUT2D eigenvalue weighted by Gasteiger charge is 2.20. The molecule has 3 aromatic heterocycles. The van der Waals surface area contributed by atoms with E-state index in [0.717, 1.165) is 0 Å². The molecule has 0 unspecified atom stereocenters.